The maximum Gasteiger partial charge on any atom is 0.0914 e. The molecule has 1 atom stereocenters. The summed E-state index contributed by atoms with van der Waals surface area (Å²) in [5.41, 5.74) is 7.34. The van der Waals surface area contributed by atoms with Crippen molar-refractivity contribution in [3.8, 4) is 0 Å². The van der Waals surface area contributed by atoms with Crippen LogP contribution in [0.15, 0.2) is 0 Å². The number of hydrogen-bond acceptors (Lipinski definition) is 1. The number of hydrogen-bond donors (Lipinski definition) is 1. The van der Waals surface area contributed by atoms with Crippen LogP contribution in [0.25, 0.3) is 0 Å². The molecule has 2 rings (SSSR count). The summed E-state index contributed by atoms with van der Waals surface area (Å²) in [6, 6.07) is 0. The molecule has 0 radical (unpaired) electrons. The Kier molecular flexibility index (Phi) is 1.81. The lowest BCUT2D eigenvalue weighted by atomic mass is 9.68. The van der Waals surface area contributed by atoms with E-state index in [9.17, 15) is 5.11 Å². The summed E-state index contributed by atoms with van der Waals surface area (Å²) in [7, 11) is 0. The van der Waals surface area contributed by atoms with Gasteiger partial charge in [-0.25, -0.2) is 0 Å². The van der Waals surface area contributed by atoms with Gasteiger partial charge in [0, 0.05) is 6.42 Å². The van der Waals surface area contributed by atoms with Gasteiger partial charge in [-0.05, 0) is 68.0 Å². The molecule has 0 saturated heterocycles. The van der Waals surface area contributed by atoms with E-state index in [1.165, 1.54) is 33.4 Å². The molecule has 0 aliphatic heterocycles. The minimum absolute atomic E-state index is 0.581. The fourth-order valence-electron chi connectivity index (χ4n) is 2.67. The van der Waals surface area contributed by atoms with Gasteiger partial charge in [0.25, 0.3) is 0 Å². The van der Waals surface area contributed by atoms with Crippen LogP contribution in [0.4, 0.5) is 0 Å². The van der Waals surface area contributed by atoms with Gasteiger partial charge in [-0.3, -0.25) is 0 Å². The minimum Gasteiger partial charge on any atom is -0.385 e. The van der Waals surface area contributed by atoms with E-state index in [1.807, 2.05) is 6.92 Å². The molecule has 1 aliphatic carbocycles. The summed E-state index contributed by atoms with van der Waals surface area (Å²) < 4.78 is 0. The van der Waals surface area contributed by atoms with Gasteiger partial charge < -0.3 is 5.11 Å². The highest BCUT2D eigenvalue weighted by Crippen LogP contribution is 2.44. The summed E-state index contributed by atoms with van der Waals surface area (Å²) in [5, 5.41) is 10.1. The average molecular weight is 190 g/mol. The molecular formula is C13H18O. The van der Waals surface area contributed by atoms with Crippen molar-refractivity contribution in [1.29, 1.82) is 0 Å². The third-order valence-electron chi connectivity index (χ3n) is 3.88. The van der Waals surface area contributed by atoms with Crippen molar-refractivity contribution in [3.63, 3.8) is 0 Å². The zero-order valence-electron chi connectivity index (χ0n) is 9.65. The first-order valence-corrected chi connectivity index (χ1v) is 5.18. The zero-order chi connectivity index (χ0) is 10.7. The Balaban J connectivity index is 2.77. The predicted octanol–water partition coefficient (Wildman–Crippen LogP) is 2.68. The largest absolute Gasteiger partial charge is 0.385 e. The van der Waals surface area contributed by atoms with Crippen molar-refractivity contribution in [2.75, 3.05) is 0 Å². The van der Waals surface area contributed by atoms with Crippen LogP contribution in [0.2, 0.25) is 0 Å². The summed E-state index contributed by atoms with van der Waals surface area (Å²) in [6.07, 6.45) is 0.816. The lowest BCUT2D eigenvalue weighted by molar-refractivity contribution is 0.0316. The summed E-state index contributed by atoms with van der Waals surface area (Å²) in [4.78, 5) is 0. The van der Waals surface area contributed by atoms with Gasteiger partial charge in [0.15, 0.2) is 0 Å². The Morgan fingerprint density at radius 1 is 0.929 bits per heavy atom. The average Bonchev–Trinajstić information content (AvgIpc) is 2.09. The molecule has 1 aromatic rings. The zero-order valence-corrected chi connectivity index (χ0v) is 9.65. The Morgan fingerprint density at radius 3 is 1.93 bits per heavy atom. The van der Waals surface area contributed by atoms with Gasteiger partial charge in [-0.15, -0.1) is 0 Å². The molecular weight excluding hydrogens is 172 g/mol. The standard InChI is InChI=1S/C13H18O/c1-7-8(2)10(4)12-11(9(7)3)6-13(12,5)14/h14H,6H2,1-5H3. The van der Waals surface area contributed by atoms with Crippen LogP contribution in [-0.4, -0.2) is 5.11 Å². The van der Waals surface area contributed by atoms with E-state index in [2.05, 4.69) is 27.7 Å². The molecule has 1 aliphatic rings. The van der Waals surface area contributed by atoms with E-state index in [0.717, 1.165) is 6.42 Å². The lowest BCUT2D eigenvalue weighted by Gasteiger charge is -2.40. The molecule has 14 heavy (non-hydrogen) atoms. The van der Waals surface area contributed by atoms with Crippen molar-refractivity contribution in [1.82, 2.24) is 0 Å². The molecule has 0 heterocycles. The van der Waals surface area contributed by atoms with E-state index >= 15 is 0 Å². The Labute approximate surface area is 85.8 Å². The molecule has 0 bridgehead atoms. The fourth-order valence-corrected chi connectivity index (χ4v) is 2.67. The molecule has 1 nitrogen and oxygen atoms in total. The third kappa shape index (κ3) is 0.992. The van der Waals surface area contributed by atoms with Crippen LogP contribution >= 0.6 is 0 Å². The molecule has 0 spiro atoms. The number of rotatable bonds is 0. The van der Waals surface area contributed by atoms with Gasteiger partial charge in [0.05, 0.1) is 5.60 Å². The van der Waals surface area contributed by atoms with Gasteiger partial charge in [-0.2, -0.15) is 0 Å². The summed E-state index contributed by atoms with van der Waals surface area (Å²) >= 11 is 0. The van der Waals surface area contributed by atoms with Crippen LogP contribution < -0.4 is 0 Å². The highest BCUT2D eigenvalue weighted by molar-refractivity contribution is 5.57. The van der Waals surface area contributed by atoms with E-state index in [-0.39, 0.29) is 0 Å². The first-order valence-electron chi connectivity index (χ1n) is 5.18. The van der Waals surface area contributed by atoms with Crippen LogP contribution in [0.5, 0.6) is 0 Å². The SMILES string of the molecule is Cc1c(C)c(C)c2c(c1C)CC2(C)O. The van der Waals surface area contributed by atoms with E-state index in [1.54, 1.807) is 0 Å². The minimum atomic E-state index is -0.581. The second-order valence-electron chi connectivity index (χ2n) is 4.80. The van der Waals surface area contributed by atoms with Crippen LogP contribution in [-0.2, 0) is 12.0 Å². The second kappa shape index (κ2) is 2.60. The van der Waals surface area contributed by atoms with Crippen LogP contribution in [0.1, 0.15) is 40.3 Å². The van der Waals surface area contributed by atoms with Crippen LogP contribution in [0, 0.1) is 27.7 Å². The van der Waals surface area contributed by atoms with Gasteiger partial charge >= 0.3 is 0 Å². The van der Waals surface area contributed by atoms with E-state index in [0.29, 0.717) is 0 Å². The quantitative estimate of drug-likeness (QED) is 0.667. The molecule has 1 N–H and O–H groups in total. The Hall–Kier alpha value is -0.820. The first-order chi connectivity index (χ1) is 6.36. The smallest absolute Gasteiger partial charge is 0.0914 e. The highest BCUT2D eigenvalue weighted by Gasteiger charge is 2.39. The number of fused-ring (bicyclic) bond motifs is 1. The van der Waals surface area contributed by atoms with Crippen molar-refractivity contribution in [2.24, 2.45) is 0 Å². The molecule has 0 saturated carbocycles. The lowest BCUT2D eigenvalue weighted by Crippen LogP contribution is -2.38. The number of aliphatic hydroxyl groups is 1. The fraction of sp³-hybridized carbons (Fsp3) is 0.538. The first kappa shape index (κ1) is 9.72. The van der Waals surface area contributed by atoms with Gasteiger partial charge in [0.1, 0.15) is 0 Å². The number of benzene rings is 1. The Morgan fingerprint density at radius 2 is 1.43 bits per heavy atom. The van der Waals surface area contributed by atoms with Crippen LogP contribution in [0.3, 0.4) is 0 Å². The molecule has 76 valence electrons. The van der Waals surface area contributed by atoms with Gasteiger partial charge in [0.2, 0.25) is 0 Å². The maximum absolute atomic E-state index is 10.1. The van der Waals surface area contributed by atoms with Crippen molar-refractivity contribution < 1.29 is 5.11 Å². The maximum atomic E-state index is 10.1. The molecule has 0 aromatic heterocycles. The summed E-state index contributed by atoms with van der Waals surface area (Å²) in [5.74, 6) is 0. The second-order valence-corrected chi connectivity index (χ2v) is 4.80. The van der Waals surface area contributed by atoms with Crippen molar-refractivity contribution in [2.45, 2.75) is 46.6 Å². The topological polar surface area (TPSA) is 20.2 Å². The monoisotopic (exact) mass is 190 g/mol. The highest BCUT2D eigenvalue weighted by atomic mass is 16.3. The molecule has 0 fully saturated rings. The molecule has 0 amide bonds. The van der Waals surface area contributed by atoms with E-state index in [4.69, 9.17) is 0 Å². The van der Waals surface area contributed by atoms with Crippen molar-refractivity contribution >= 4 is 0 Å². The normalized spacial score (nSPS) is 24.4. The third-order valence-corrected chi connectivity index (χ3v) is 3.88. The Bertz CT molecular complexity index is 391. The summed E-state index contributed by atoms with van der Waals surface area (Å²) in [6.45, 7) is 10.5. The predicted molar refractivity (Wildman–Crippen MR) is 58.7 cm³/mol. The van der Waals surface area contributed by atoms with E-state index < -0.39 is 5.60 Å². The molecule has 1 heteroatoms. The molecule has 1 aromatic carbocycles. The van der Waals surface area contributed by atoms with Gasteiger partial charge in [-0.1, -0.05) is 0 Å². The van der Waals surface area contributed by atoms with Crippen molar-refractivity contribution in [3.05, 3.63) is 33.4 Å². The molecule has 1 unspecified atom stereocenters.